The Labute approximate surface area is 170 Å². The van der Waals surface area contributed by atoms with Crippen LogP contribution in [-0.2, 0) is 4.79 Å². The van der Waals surface area contributed by atoms with Crippen molar-refractivity contribution in [1.82, 2.24) is 10.2 Å². The molecular formula is C19H18N4O3S2. The van der Waals surface area contributed by atoms with Crippen LogP contribution in [0.15, 0.2) is 52.9 Å². The van der Waals surface area contributed by atoms with Gasteiger partial charge in [0.25, 0.3) is 5.91 Å². The smallest absolute Gasteiger partial charge is 0.257 e. The molecule has 0 aliphatic carbocycles. The van der Waals surface area contributed by atoms with Crippen molar-refractivity contribution >= 4 is 45.7 Å². The highest BCUT2D eigenvalue weighted by Gasteiger charge is 2.12. The van der Waals surface area contributed by atoms with Crippen molar-refractivity contribution in [2.45, 2.75) is 11.3 Å². The highest BCUT2D eigenvalue weighted by molar-refractivity contribution is 8.01. The van der Waals surface area contributed by atoms with E-state index in [1.165, 1.54) is 23.1 Å². The number of benzene rings is 2. The molecule has 0 unspecified atom stereocenters. The van der Waals surface area contributed by atoms with Gasteiger partial charge >= 0.3 is 0 Å². The number of thioether (sulfide) groups is 1. The van der Waals surface area contributed by atoms with Gasteiger partial charge in [0, 0.05) is 11.3 Å². The summed E-state index contributed by atoms with van der Waals surface area (Å²) in [5.74, 6) is 0.363. The zero-order valence-electron chi connectivity index (χ0n) is 15.3. The van der Waals surface area contributed by atoms with E-state index in [1.807, 2.05) is 31.2 Å². The van der Waals surface area contributed by atoms with Crippen molar-refractivity contribution in [3.8, 4) is 5.75 Å². The van der Waals surface area contributed by atoms with E-state index in [0.29, 0.717) is 20.8 Å². The van der Waals surface area contributed by atoms with Crippen LogP contribution in [0.25, 0.3) is 0 Å². The van der Waals surface area contributed by atoms with Gasteiger partial charge in [-0.15, -0.1) is 10.2 Å². The molecule has 0 saturated carbocycles. The lowest BCUT2D eigenvalue weighted by molar-refractivity contribution is -0.113. The highest BCUT2D eigenvalue weighted by Crippen LogP contribution is 2.26. The number of amides is 2. The van der Waals surface area contributed by atoms with E-state index in [9.17, 15) is 9.59 Å². The number of aromatic nitrogens is 2. The van der Waals surface area contributed by atoms with Crippen LogP contribution in [0.1, 0.15) is 15.9 Å². The van der Waals surface area contributed by atoms with Crippen LogP contribution in [0.3, 0.4) is 0 Å². The normalized spacial score (nSPS) is 10.4. The number of rotatable bonds is 7. The molecule has 0 aliphatic heterocycles. The van der Waals surface area contributed by atoms with Gasteiger partial charge in [0.2, 0.25) is 11.0 Å². The van der Waals surface area contributed by atoms with Crippen molar-refractivity contribution in [2.24, 2.45) is 0 Å². The number of ether oxygens (including phenoxy) is 1. The molecule has 7 nitrogen and oxygen atoms in total. The third kappa shape index (κ3) is 5.54. The predicted octanol–water partition coefficient (Wildman–Crippen LogP) is 3.84. The Hall–Kier alpha value is -2.91. The molecule has 0 fully saturated rings. The van der Waals surface area contributed by atoms with Gasteiger partial charge in [-0.3, -0.25) is 14.9 Å². The van der Waals surface area contributed by atoms with Crippen molar-refractivity contribution in [3.63, 3.8) is 0 Å². The SMILES string of the molecule is COc1cccc(C(=O)Nc2nnc(SCC(=O)Nc3ccc(C)cc3)s2)c1. The Bertz CT molecular complexity index is 973. The summed E-state index contributed by atoms with van der Waals surface area (Å²) in [6, 6.07) is 14.4. The van der Waals surface area contributed by atoms with E-state index in [4.69, 9.17) is 4.74 Å². The molecule has 2 aromatic carbocycles. The number of carbonyl (C=O) groups is 2. The summed E-state index contributed by atoms with van der Waals surface area (Å²) in [6.07, 6.45) is 0. The Balaban J connectivity index is 1.51. The average molecular weight is 415 g/mol. The Kier molecular flexibility index (Phi) is 6.62. The van der Waals surface area contributed by atoms with Gasteiger partial charge in [-0.1, -0.05) is 46.9 Å². The van der Waals surface area contributed by atoms with E-state index in [0.717, 1.165) is 11.3 Å². The first-order valence-corrected chi connectivity index (χ1v) is 10.1. The summed E-state index contributed by atoms with van der Waals surface area (Å²) < 4.78 is 5.71. The third-order valence-electron chi connectivity index (χ3n) is 3.62. The Morgan fingerprint density at radius 3 is 2.64 bits per heavy atom. The van der Waals surface area contributed by atoms with E-state index < -0.39 is 0 Å². The molecule has 2 N–H and O–H groups in total. The molecule has 0 radical (unpaired) electrons. The molecule has 0 spiro atoms. The monoisotopic (exact) mass is 414 g/mol. The maximum atomic E-state index is 12.3. The number of carbonyl (C=O) groups excluding carboxylic acids is 2. The minimum atomic E-state index is -0.302. The first-order chi connectivity index (χ1) is 13.5. The van der Waals surface area contributed by atoms with Gasteiger partial charge in [0.1, 0.15) is 5.75 Å². The van der Waals surface area contributed by atoms with Gasteiger partial charge in [-0.05, 0) is 37.3 Å². The maximum absolute atomic E-state index is 12.3. The van der Waals surface area contributed by atoms with Crippen molar-refractivity contribution in [2.75, 3.05) is 23.5 Å². The number of methoxy groups -OCH3 is 1. The second kappa shape index (κ2) is 9.34. The maximum Gasteiger partial charge on any atom is 0.257 e. The van der Waals surface area contributed by atoms with Crippen LogP contribution in [0.2, 0.25) is 0 Å². The van der Waals surface area contributed by atoms with Crippen LogP contribution in [-0.4, -0.2) is 34.9 Å². The van der Waals surface area contributed by atoms with Gasteiger partial charge < -0.3 is 10.1 Å². The molecule has 0 bridgehead atoms. The van der Waals surface area contributed by atoms with Crippen molar-refractivity contribution in [1.29, 1.82) is 0 Å². The molecule has 0 saturated heterocycles. The molecule has 144 valence electrons. The van der Waals surface area contributed by atoms with Crippen molar-refractivity contribution in [3.05, 3.63) is 59.7 Å². The molecule has 0 aliphatic rings. The lowest BCUT2D eigenvalue weighted by Crippen LogP contribution is -2.13. The summed E-state index contributed by atoms with van der Waals surface area (Å²) in [5, 5.41) is 13.8. The quantitative estimate of drug-likeness (QED) is 0.451. The lowest BCUT2D eigenvalue weighted by atomic mass is 10.2. The molecule has 3 rings (SSSR count). The summed E-state index contributed by atoms with van der Waals surface area (Å²) in [4.78, 5) is 24.3. The number of aryl methyl sites for hydroxylation is 1. The predicted molar refractivity (Wildman–Crippen MR) is 111 cm³/mol. The first-order valence-electron chi connectivity index (χ1n) is 8.32. The van der Waals surface area contributed by atoms with Crippen LogP contribution in [0.4, 0.5) is 10.8 Å². The zero-order valence-corrected chi connectivity index (χ0v) is 16.9. The molecule has 0 atom stereocenters. The lowest BCUT2D eigenvalue weighted by Gasteiger charge is -2.04. The topological polar surface area (TPSA) is 93.2 Å². The molecular weight excluding hydrogens is 396 g/mol. The number of hydrogen-bond acceptors (Lipinski definition) is 7. The fourth-order valence-electron chi connectivity index (χ4n) is 2.21. The Morgan fingerprint density at radius 1 is 1.11 bits per heavy atom. The second-order valence-corrected chi connectivity index (χ2v) is 7.96. The summed E-state index contributed by atoms with van der Waals surface area (Å²) >= 11 is 2.48. The first kappa shape index (κ1) is 19.8. The Morgan fingerprint density at radius 2 is 1.89 bits per heavy atom. The fourth-order valence-corrected chi connectivity index (χ4v) is 3.76. The minimum absolute atomic E-state index is 0.133. The molecule has 1 heterocycles. The molecule has 2 amide bonds. The van der Waals surface area contributed by atoms with Gasteiger partial charge in [0.05, 0.1) is 12.9 Å². The van der Waals surface area contributed by atoms with E-state index in [2.05, 4.69) is 20.8 Å². The minimum Gasteiger partial charge on any atom is -0.497 e. The molecule has 1 aromatic heterocycles. The second-order valence-electron chi connectivity index (χ2n) is 5.76. The third-order valence-corrected chi connectivity index (χ3v) is 5.59. The number of nitrogens with zero attached hydrogens (tertiary/aromatic N) is 2. The molecule has 28 heavy (non-hydrogen) atoms. The molecule has 3 aromatic rings. The van der Waals surface area contributed by atoms with Crippen LogP contribution >= 0.6 is 23.1 Å². The summed E-state index contributed by atoms with van der Waals surface area (Å²) in [7, 11) is 1.54. The van der Waals surface area contributed by atoms with Gasteiger partial charge in [-0.25, -0.2) is 0 Å². The van der Waals surface area contributed by atoms with E-state index in [-0.39, 0.29) is 17.6 Å². The zero-order chi connectivity index (χ0) is 19.9. The van der Waals surface area contributed by atoms with Gasteiger partial charge in [-0.2, -0.15) is 0 Å². The van der Waals surface area contributed by atoms with Crippen LogP contribution in [0, 0.1) is 6.92 Å². The summed E-state index contributed by atoms with van der Waals surface area (Å²) in [6.45, 7) is 1.99. The van der Waals surface area contributed by atoms with Crippen LogP contribution < -0.4 is 15.4 Å². The van der Waals surface area contributed by atoms with Gasteiger partial charge in [0.15, 0.2) is 4.34 Å². The van der Waals surface area contributed by atoms with E-state index >= 15 is 0 Å². The van der Waals surface area contributed by atoms with E-state index in [1.54, 1.807) is 31.4 Å². The fraction of sp³-hybridized carbons (Fsp3) is 0.158. The highest BCUT2D eigenvalue weighted by atomic mass is 32.2. The number of anilines is 2. The number of nitrogens with one attached hydrogen (secondary N) is 2. The number of hydrogen-bond donors (Lipinski definition) is 2. The average Bonchev–Trinajstić information content (AvgIpc) is 3.15. The van der Waals surface area contributed by atoms with Crippen molar-refractivity contribution < 1.29 is 14.3 Å². The standard InChI is InChI=1S/C19H18N4O3S2/c1-12-6-8-14(9-7-12)20-16(24)11-27-19-23-22-18(28-19)21-17(25)13-4-3-5-15(10-13)26-2/h3-10H,11H2,1-2H3,(H,20,24)(H,21,22,25). The largest absolute Gasteiger partial charge is 0.497 e. The molecule has 9 heteroatoms. The summed E-state index contributed by atoms with van der Waals surface area (Å²) in [5.41, 5.74) is 2.34. The van der Waals surface area contributed by atoms with Crippen LogP contribution in [0.5, 0.6) is 5.75 Å².